The Balaban J connectivity index is 2.61. The molecular formula is C14H18BrN. The van der Waals surface area contributed by atoms with E-state index in [1.165, 1.54) is 10.0 Å². The Hall–Kier alpha value is -0.860. The second-order valence-electron chi connectivity index (χ2n) is 3.68. The number of hydrogen-bond acceptors (Lipinski definition) is 1. The Morgan fingerprint density at radius 1 is 1.38 bits per heavy atom. The van der Waals surface area contributed by atoms with Crippen LogP contribution in [0.2, 0.25) is 0 Å². The Labute approximate surface area is 107 Å². The van der Waals surface area contributed by atoms with Crippen molar-refractivity contribution in [2.24, 2.45) is 0 Å². The molecule has 1 aromatic rings. The molecule has 0 saturated heterocycles. The third-order valence-electron chi connectivity index (χ3n) is 2.32. The lowest BCUT2D eigenvalue weighted by Crippen LogP contribution is -2.24. The molecule has 0 bridgehead atoms. The van der Waals surface area contributed by atoms with Crippen molar-refractivity contribution in [3.63, 3.8) is 0 Å². The van der Waals surface area contributed by atoms with E-state index in [1.54, 1.807) is 0 Å². The minimum Gasteiger partial charge on any atom is -0.291 e. The van der Waals surface area contributed by atoms with E-state index in [4.69, 9.17) is 0 Å². The molecular weight excluding hydrogens is 262 g/mol. The van der Waals surface area contributed by atoms with Crippen molar-refractivity contribution in [2.45, 2.75) is 13.5 Å². The van der Waals surface area contributed by atoms with Gasteiger partial charge >= 0.3 is 0 Å². The third kappa shape index (κ3) is 4.77. The zero-order chi connectivity index (χ0) is 11.8. The summed E-state index contributed by atoms with van der Waals surface area (Å²) in [6, 6.07) is 10.5. The minimum absolute atomic E-state index is 0.901. The van der Waals surface area contributed by atoms with Crippen LogP contribution in [0.3, 0.4) is 0 Å². The smallest absolute Gasteiger partial charge is 0.0303 e. The number of benzene rings is 1. The first-order valence-electron chi connectivity index (χ1n) is 5.44. The van der Waals surface area contributed by atoms with Gasteiger partial charge in [-0.1, -0.05) is 58.4 Å². The average Bonchev–Trinajstić information content (AvgIpc) is 2.30. The summed E-state index contributed by atoms with van der Waals surface area (Å²) in [5.41, 5.74) is 1.33. The van der Waals surface area contributed by atoms with Gasteiger partial charge in [0.2, 0.25) is 0 Å². The van der Waals surface area contributed by atoms with E-state index in [0.717, 1.165) is 19.6 Å². The highest BCUT2D eigenvalue weighted by Gasteiger charge is 2.04. The molecule has 0 radical (unpaired) electrons. The van der Waals surface area contributed by atoms with E-state index in [2.05, 4.69) is 57.8 Å². The largest absolute Gasteiger partial charge is 0.291 e. The molecule has 1 aromatic carbocycles. The van der Waals surface area contributed by atoms with Gasteiger partial charge in [-0.3, -0.25) is 4.90 Å². The lowest BCUT2D eigenvalue weighted by Gasteiger charge is -2.20. The van der Waals surface area contributed by atoms with E-state index >= 15 is 0 Å². The highest BCUT2D eigenvalue weighted by molar-refractivity contribution is 9.11. The van der Waals surface area contributed by atoms with Crippen molar-refractivity contribution >= 4 is 15.9 Å². The van der Waals surface area contributed by atoms with Gasteiger partial charge in [0.25, 0.3) is 0 Å². The van der Waals surface area contributed by atoms with Crippen molar-refractivity contribution in [3.05, 3.63) is 59.1 Å². The van der Waals surface area contributed by atoms with Crippen LogP contribution in [0.15, 0.2) is 53.5 Å². The van der Waals surface area contributed by atoms with Crippen molar-refractivity contribution < 1.29 is 0 Å². The van der Waals surface area contributed by atoms with E-state index in [0.29, 0.717) is 0 Å². The zero-order valence-electron chi connectivity index (χ0n) is 9.70. The fraction of sp³-hybridized carbons (Fsp3) is 0.286. The molecule has 1 rings (SSSR count). The monoisotopic (exact) mass is 279 g/mol. The standard InChI is InChI=1S/C14H18BrN/c1-3-10-16(12-14(15)4-2)11-13-8-6-5-7-9-13/h3-9H,1,10-12H2,2H3/b14-4+. The maximum Gasteiger partial charge on any atom is 0.0303 e. The minimum atomic E-state index is 0.901. The predicted octanol–water partition coefficient (Wildman–Crippen LogP) is 3.97. The molecule has 0 fully saturated rings. The van der Waals surface area contributed by atoms with Crippen LogP contribution in [0, 0.1) is 0 Å². The Morgan fingerprint density at radius 3 is 2.62 bits per heavy atom. The highest BCUT2D eigenvalue weighted by Crippen LogP contribution is 2.11. The molecule has 0 N–H and O–H groups in total. The summed E-state index contributed by atoms with van der Waals surface area (Å²) in [6.45, 7) is 8.62. The van der Waals surface area contributed by atoms with Crippen LogP contribution in [0.1, 0.15) is 12.5 Å². The second-order valence-corrected chi connectivity index (χ2v) is 4.70. The third-order valence-corrected chi connectivity index (χ3v) is 3.03. The molecule has 86 valence electrons. The zero-order valence-corrected chi connectivity index (χ0v) is 11.3. The molecule has 0 spiro atoms. The topological polar surface area (TPSA) is 3.24 Å². The van der Waals surface area contributed by atoms with Crippen molar-refractivity contribution in [1.29, 1.82) is 0 Å². The van der Waals surface area contributed by atoms with Crippen LogP contribution in [-0.4, -0.2) is 18.0 Å². The molecule has 0 aliphatic heterocycles. The molecule has 16 heavy (non-hydrogen) atoms. The number of halogens is 1. The molecule has 0 aliphatic rings. The number of hydrogen-bond donors (Lipinski definition) is 0. The maximum atomic E-state index is 3.80. The first-order valence-corrected chi connectivity index (χ1v) is 6.23. The predicted molar refractivity (Wildman–Crippen MR) is 74.6 cm³/mol. The van der Waals surface area contributed by atoms with Gasteiger partial charge in [-0.2, -0.15) is 0 Å². The van der Waals surface area contributed by atoms with Crippen molar-refractivity contribution in [2.75, 3.05) is 13.1 Å². The summed E-state index contributed by atoms with van der Waals surface area (Å²) in [5.74, 6) is 0. The quantitative estimate of drug-likeness (QED) is 0.713. The second kappa shape index (κ2) is 7.42. The SMILES string of the molecule is C=CCN(C/C(Br)=C\C)Cc1ccccc1. The fourth-order valence-corrected chi connectivity index (χ4v) is 1.87. The molecule has 0 amide bonds. The average molecular weight is 280 g/mol. The summed E-state index contributed by atoms with van der Waals surface area (Å²) in [4.78, 5) is 2.34. The first-order chi connectivity index (χ1) is 7.76. The van der Waals surface area contributed by atoms with E-state index in [1.807, 2.05) is 19.1 Å². The van der Waals surface area contributed by atoms with Crippen molar-refractivity contribution in [1.82, 2.24) is 4.90 Å². The Morgan fingerprint density at radius 2 is 2.06 bits per heavy atom. The van der Waals surface area contributed by atoms with Crippen LogP contribution in [-0.2, 0) is 6.54 Å². The molecule has 0 aromatic heterocycles. The molecule has 0 atom stereocenters. The molecule has 1 nitrogen and oxygen atoms in total. The number of rotatable bonds is 6. The van der Waals surface area contributed by atoms with Gasteiger partial charge in [0.05, 0.1) is 0 Å². The Kier molecular flexibility index (Phi) is 6.12. The molecule has 0 heterocycles. The van der Waals surface area contributed by atoms with Crippen LogP contribution in [0.4, 0.5) is 0 Å². The van der Waals surface area contributed by atoms with E-state index in [9.17, 15) is 0 Å². The van der Waals surface area contributed by atoms with Crippen molar-refractivity contribution in [3.8, 4) is 0 Å². The first kappa shape index (κ1) is 13.2. The van der Waals surface area contributed by atoms with Gasteiger partial charge in [0, 0.05) is 24.1 Å². The van der Waals surface area contributed by atoms with Gasteiger partial charge in [-0.15, -0.1) is 6.58 Å². The van der Waals surface area contributed by atoms with E-state index in [-0.39, 0.29) is 0 Å². The maximum absolute atomic E-state index is 3.80. The molecule has 0 aliphatic carbocycles. The Bertz CT molecular complexity index is 343. The molecule has 2 heteroatoms. The summed E-state index contributed by atoms with van der Waals surface area (Å²) >= 11 is 3.55. The van der Waals surface area contributed by atoms with Gasteiger partial charge < -0.3 is 0 Å². The van der Waals surface area contributed by atoms with Crippen LogP contribution < -0.4 is 0 Å². The van der Waals surface area contributed by atoms with Gasteiger partial charge in [0.1, 0.15) is 0 Å². The highest BCUT2D eigenvalue weighted by atomic mass is 79.9. The van der Waals surface area contributed by atoms with Gasteiger partial charge in [-0.05, 0) is 12.5 Å². The lowest BCUT2D eigenvalue weighted by atomic mass is 10.2. The van der Waals surface area contributed by atoms with Crippen LogP contribution in [0.5, 0.6) is 0 Å². The van der Waals surface area contributed by atoms with Gasteiger partial charge in [0.15, 0.2) is 0 Å². The molecule has 0 saturated carbocycles. The van der Waals surface area contributed by atoms with Crippen LogP contribution in [0.25, 0.3) is 0 Å². The molecule has 0 unspecified atom stereocenters. The number of nitrogens with zero attached hydrogens (tertiary/aromatic N) is 1. The van der Waals surface area contributed by atoms with E-state index < -0.39 is 0 Å². The summed E-state index contributed by atoms with van der Waals surface area (Å²) in [6.07, 6.45) is 4.03. The summed E-state index contributed by atoms with van der Waals surface area (Å²) < 4.78 is 1.21. The lowest BCUT2D eigenvalue weighted by molar-refractivity contribution is 0.326. The number of allylic oxidation sites excluding steroid dienone is 1. The summed E-state index contributed by atoms with van der Waals surface area (Å²) in [7, 11) is 0. The normalized spacial score (nSPS) is 11.8. The summed E-state index contributed by atoms with van der Waals surface area (Å²) in [5, 5.41) is 0. The van der Waals surface area contributed by atoms with Crippen LogP contribution >= 0.6 is 15.9 Å². The van der Waals surface area contributed by atoms with Gasteiger partial charge in [-0.25, -0.2) is 0 Å². The fourth-order valence-electron chi connectivity index (χ4n) is 1.51.